The van der Waals surface area contributed by atoms with Gasteiger partial charge >= 0.3 is 0 Å². The molecule has 1 heteroatoms. The molecule has 0 saturated carbocycles. The number of allylic oxidation sites excluding steroid dienone is 3. The highest BCUT2D eigenvalue weighted by Crippen LogP contribution is 2.12. The summed E-state index contributed by atoms with van der Waals surface area (Å²) in [6, 6.07) is 8.06. The highest BCUT2D eigenvalue weighted by atomic mass is 16.5. The van der Waals surface area contributed by atoms with Crippen LogP contribution in [0.2, 0.25) is 0 Å². The Morgan fingerprint density at radius 2 is 1.80 bits per heavy atom. The lowest BCUT2D eigenvalue weighted by Crippen LogP contribution is -1.81. The summed E-state index contributed by atoms with van der Waals surface area (Å²) in [5.41, 5.74) is 1.21. The van der Waals surface area contributed by atoms with Gasteiger partial charge in [0, 0.05) is 0 Å². The Labute approximate surface area is 92.1 Å². The van der Waals surface area contributed by atoms with Crippen LogP contribution in [0.1, 0.15) is 25.3 Å². The zero-order valence-corrected chi connectivity index (χ0v) is 9.44. The van der Waals surface area contributed by atoms with E-state index in [1.807, 2.05) is 12.1 Å². The van der Waals surface area contributed by atoms with Crippen molar-refractivity contribution in [3.05, 3.63) is 48.1 Å². The van der Waals surface area contributed by atoms with Crippen LogP contribution in [-0.2, 0) is 0 Å². The third-order valence-corrected chi connectivity index (χ3v) is 2.10. The summed E-state index contributed by atoms with van der Waals surface area (Å²) in [5.74, 6) is 0.901. The van der Waals surface area contributed by atoms with Crippen molar-refractivity contribution in [2.75, 3.05) is 7.11 Å². The fourth-order valence-corrected chi connectivity index (χ4v) is 1.26. The summed E-state index contributed by atoms with van der Waals surface area (Å²) < 4.78 is 5.09. The second-order valence-electron chi connectivity index (χ2n) is 3.29. The standard InChI is InChI=1S/C14H18O/c1-3-4-5-6-7-8-13-9-11-14(15-2)12-10-13/h4-5,7-12H,3,6H2,1-2H3/b5-4-,8-7-. The number of hydrogen-bond acceptors (Lipinski definition) is 1. The first-order valence-electron chi connectivity index (χ1n) is 5.32. The molecule has 0 heterocycles. The molecule has 0 aliphatic heterocycles. The first-order chi connectivity index (χ1) is 7.36. The van der Waals surface area contributed by atoms with Gasteiger partial charge in [-0.2, -0.15) is 0 Å². The van der Waals surface area contributed by atoms with Gasteiger partial charge in [0.1, 0.15) is 5.75 Å². The molecule has 0 saturated heterocycles. The molecule has 80 valence electrons. The summed E-state index contributed by atoms with van der Waals surface area (Å²) in [6.45, 7) is 2.14. The van der Waals surface area contributed by atoms with Crippen LogP contribution in [0.4, 0.5) is 0 Å². The van der Waals surface area contributed by atoms with Gasteiger partial charge in [0.2, 0.25) is 0 Å². The molecule has 1 rings (SSSR count). The van der Waals surface area contributed by atoms with Crippen molar-refractivity contribution in [2.45, 2.75) is 19.8 Å². The molecular formula is C14H18O. The van der Waals surface area contributed by atoms with Crippen LogP contribution in [0.15, 0.2) is 42.5 Å². The average molecular weight is 202 g/mol. The van der Waals surface area contributed by atoms with Crippen LogP contribution < -0.4 is 4.74 Å². The topological polar surface area (TPSA) is 9.23 Å². The molecule has 0 N–H and O–H groups in total. The van der Waals surface area contributed by atoms with E-state index in [0.717, 1.165) is 18.6 Å². The van der Waals surface area contributed by atoms with E-state index in [2.05, 4.69) is 43.4 Å². The van der Waals surface area contributed by atoms with Gasteiger partial charge in [-0.25, -0.2) is 0 Å². The van der Waals surface area contributed by atoms with Crippen molar-refractivity contribution in [1.82, 2.24) is 0 Å². The highest BCUT2D eigenvalue weighted by Gasteiger charge is 1.88. The molecule has 1 aromatic carbocycles. The third-order valence-electron chi connectivity index (χ3n) is 2.10. The maximum absolute atomic E-state index is 5.09. The SMILES string of the molecule is CC/C=C\C/C=C\c1ccc(OC)cc1. The first kappa shape index (κ1) is 11.6. The Morgan fingerprint density at radius 3 is 2.40 bits per heavy atom. The van der Waals surface area contributed by atoms with Crippen molar-refractivity contribution < 1.29 is 4.74 Å². The predicted octanol–water partition coefficient (Wildman–Crippen LogP) is 4.06. The van der Waals surface area contributed by atoms with E-state index in [9.17, 15) is 0 Å². The molecule has 0 radical (unpaired) electrons. The second-order valence-corrected chi connectivity index (χ2v) is 3.29. The lowest BCUT2D eigenvalue weighted by atomic mass is 10.2. The first-order valence-corrected chi connectivity index (χ1v) is 5.32. The normalized spacial score (nSPS) is 11.3. The van der Waals surface area contributed by atoms with Gasteiger partial charge in [0.15, 0.2) is 0 Å². The maximum atomic E-state index is 5.09. The van der Waals surface area contributed by atoms with E-state index < -0.39 is 0 Å². The van der Waals surface area contributed by atoms with E-state index in [-0.39, 0.29) is 0 Å². The van der Waals surface area contributed by atoms with E-state index >= 15 is 0 Å². The zero-order valence-electron chi connectivity index (χ0n) is 9.44. The molecule has 0 aromatic heterocycles. The van der Waals surface area contributed by atoms with Crippen molar-refractivity contribution >= 4 is 6.08 Å². The van der Waals surface area contributed by atoms with Crippen LogP contribution >= 0.6 is 0 Å². The summed E-state index contributed by atoms with van der Waals surface area (Å²) in [4.78, 5) is 0. The molecule has 0 bridgehead atoms. The zero-order chi connectivity index (χ0) is 10.9. The van der Waals surface area contributed by atoms with E-state index in [0.29, 0.717) is 0 Å². The Bertz CT molecular complexity index is 320. The van der Waals surface area contributed by atoms with Crippen molar-refractivity contribution in [3.8, 4) is 5.75 Å². The molecule has 0 spiro atoms. The summed E-state index contributed by atoms with van der Waals surface area (Å²) >= 11 is 0. The number of methoxy groups -OCH3 is 1. The van der Waals surface area contributed by atoms with E-state index in [4.69, 9.17) is 4.74 Å². The van der Waals surface area contributed by atoms with Crippen LogP contribution in [0, 0.1) is 0 Å². The van der Waals surface area contributed by atoms with Crippen molar-refractivity contribution in [2.24, 2.45) is 0 Å². The molecule has 1 aromatic rings. The monoisotopic (exact) mass is 202 g/mol. The molecule has 0 unspecified atom stereocenters. The second kappa shape index (κ2) is 6.88. The Hall–Kier alpha value is -1.50. The summed E-state index contributed by atoms with van der Waals surface area (Å²) in [5, 5.41) is 0. The minimum absolute atomic E-state index is 0.901. The number of benzene rings is 1. The molecule has 0 aliphatic carbocycles. The molecule has 0 atom stereocenters. The van der Waals surface area contributed by atoms with Gasteiger partial charge in [0.25, 0.3) is 0 Å². The lowest BCUT2D eigenvalue weighted by molar-refractivity contribution is 0.415. The number of hydrogen-bond donors (Lipinski definition) is 0. The molecule has 0 amide bonds. The average Bonchev–Trinajstić information content (AvgIpc) is 2.30. The third kappa shape index (κ3) is 4.50. The Morgan fingerprint density at radius 1 is 1.07 bits per heavy atom. The van der Waals surface area contributed by atoms with Crippen molar-refractivity contribution in [1.29, 1.82) is 0 Å². The highest BCUT2D eigenvalue weighted by molar-refractivity contribution is 5.50. The minimum atomic E-state index is 0.901. The fourth-order valence-electron chi connectivity index (χ4n) is 1.26. The van der Waals surface area contributed by atoms with Gasteiger partial charge in [0.05, 0.1) is 7.11 Å². The van der Waals surface area contributed by atoms with Crippen LogP contribution in [0.25, 0.3) is 6.08 Å². The Balaban J connectivity index is 2.46. The van der Waals surface area contributed by atoms with Crippen LogP contribution in [0.5, 0.6) is 5.75 Å². The number of rotatable bonds is 5. The predicted molar refractivity (Wildman–Crippen MR) is 66.1 cm³/mol. The summed E-state index contributed by atoms with van der Waals surface area (Å²) in [7, 11) is 1.68. The summed E-state index contributed by atoms with van der Waals surface area (Å²) in [6.07, 6.45) is 10.8. The van der Waals surface area contributed by atoms with Gasteiger partial charge in [-0.3, -0.25) is 0 Å². The van der Waals surface area contributed by atoms with E-state index in [1.165, 1.54) is 5.56 Å². The van der Waals surface area contributed by atoms with Gasteiger partial charge in [-0.05, 0) is 30.5 Å². The van der Waals surface area contributed by atoms with Gasteiger partial charge < -0.3 is 4.74 Å². The fraction of sp³-hybridized carbons (Fsp3) is 0.286. The number of ether oxygens (including phenoxy) is 1. The molecule has 15 heavy (non-hydrogen) atoms. The van der Waals surface area contributed by atoms with Crippen LogP contribution in [0.3, 0.4) is 0 Å². The smallest absolute Gasteiger partial charge is 0.118 e. The van der Waals surface area contributed by atoms with Gasteiger partial charge in [-0.15, -0.1) is 0 Å². The molecule has 1 nitrogen and oxygen atoms in total. The molecule has 0 fully saturated rings. The van der Waals surface area contributed by atoms with Crippen LogP contribution in [-0.4, -0.2) is 7.11 Å². The lowest BCUT2D eigenvalue weighted by Gasteiger charge is -1.98. The Kier molecular flexibility index (Phi) is 5.31. The van der Waals surface area contributed by atoms with Crippen molar-refractivity contribution in [3.63, 3.8) is 0 Å². The molecule has 0 aliphatic rings. The molecular weight excluding hydrogens is 184 g/mol. The van der Waals surface area contributed by atoms with Gasteiger partial charge in [-0.1, -0.05) is 43.4 Å². The van der Waals surface area contributed by atoms with E-state index in [1.54, 1.807) is 7.11 Å². The quantitative estimate of drug-likeness (QED) is 0.654. The maximum Gasteiger partial charge on any atom is 0.118 e. The largest absolute Gasteiger partial charge is 0.497 e. The minimum Gasteiger partial charge on any atom is -0.497 e.